The Balaban J connectivity index is 1.81. The Bertz CT molecular complexity index is 525. The number of hydrogen-bond acceptors (Lipinski definition) is 2. The highest BCUT2D eigenvalue weighted by molar-refractivity contribution is 9.10. The topological polar surface area (TPSA) is 21.3 Å². The van der Waals surface area contributed by atoms with Crippen LogP contribution in [0.5, 0.6) is 5.75 Å². The summed E-state index contributed by atoms with van der Waals surface area (Å²) in [5.74, 6) is 0.946. The zero-order chi connectivity index (χ0) is 14.2. The second-order valence-corrected chi connectivity index (χ2v) is 5.54. The summed E-state index contributed by atoms with van der Waals surface area (Å²) < 4.78 is 6.72. The highest BCUT2D eigenvalue weighted by Gasteiger charge is 1.99. The lowest BCUT2D eigenvalue weighted by Crippen LogP contribution is -2.12. The van der Waals surface area contributed by atoms with Crippen molar-refractivity contribution < 1.29 is 4.74 Å². The molecule has 106 valence electrons. The third kappa shape index (κ3) is 4.66. The van der Waals surface area contributed by atoms with Crippen molar-refractivity contribution >= 4 is 15.9 Å². The molecule has 1 N–H and O–H groups in total. The largest absolute Gasteiger partial charge is 0.494 e. The minimum absolute atomic E-state index is 0.777. The molecule has 0 aliphatic heterocycles. The van der Waals surface area contributed by atoms with E-state index in [1.165, 1.54) is 11.1 Å². The molecule has 0 spiro atoms. The Morgan fingerprint density at radius 2 is 1.75 bits per heavy atom. The molecule has 0 saturated carbocycles. The third-order valence-corrected chi connectivity index (χ3v) is 3.77. The van der Waals surface area contributed by atoms with Crippen LogP contribution in [0.4, 0.5) is 0 Å². The zero-order valence-electron chi connectivity index (χ0n) is 11.7. The lowest BCUT2D eigenvalue weighted by Gasteiger charge is -2.08. The van der Waals surface area contributed by atoms with Gasteiger partial charge in [0.15, 0.2) is 0 Å². The Kier molecular flexibility index (Phi) is 6.09. The standard InChI is InChI=1S/C17H20BrNO/c1-2-11-20-16-9-7-14(8-10-16)12-19-13-15-5-3-4-6-17(15)18/h3-10,19H,2,11-13H2,1H3. The summed E-state index contributed by atoms with van der Waals surface area (Å²) in [6, 6.07) is 16.6. The van der Waals surface area contributed by atoms with Gasteiger partial charge in [0, 0.05) is 17.6 Å². The Morgan fingerprint density at radius 1 is 1.00 bits per heavy atom. The van der Waals surface area contributed by atoms with Crippen molar-refractivity contribution in [2.24, 2.45) is 0 Å². The number of hydrogen-bond donors (Lipinski definition) is 1. The maximum atomic E-state index is 5.57. The molecule has 0 radical (unpaired) electrons. The first-order chi connectivity index (χ1) is 9.79. The molecule has 0 saturated heterocycles. The van der Waals surface area contributed by atoms with Crippen LogP contribution in [0, 0.1) is 0 Å². The van der Waals surface area contributed by atoms with Gasteiger partial charge in [-0.1, -0.05) is 53.2 Å². The highest BCUT2D eigenvalue weighted by Crippen LogP contribution is 2.16. The lowest BCUT2D eigenvalue weighted by molar-refractivity contribution is 0.317. The summed E-state index contributed by atoms with van der Waals surface area (Å²) in [5, 5.41) is 3.45. The predicted molar refractivity (Wildman–Crippen MR) is 86.9 cm³/mol. The number of benzene rings is 2. The van der Waals surface area contributed by atoms with Crippen LogP contribution in [0.3, 0.4) is 0 Å². The van der Waals surface area contributed by atoms with E-state index in [2.05, 4.69) is 58.5 Å². The van der Waals surface area contributed by atoms with Crippen molar-refractivity contribution in [2.45, 2.75) is 26.4 Å². The maximum absolute atomic E-state index is 5.57. The van der Waals surface area contributed by atoms with Crippen LogP contribution in [-0.4, -0.2) is 6.61 Å². The molecule has 2 rings (SSSR count). The first-order valence-corrected chi connectivity index (χ1v) is 7.74. The van der Waals surface area contributed by atoms with E-state index in [4.69, 9.17) is 4.74 Å². The van der Waals surface area contributed by atoms with E-state index in [9.17, 15) is 0 Å². The molecule has 2 nitrogen and oxygen atoms in total. The lowest BCUT2D eigenvalue weighted by atomic mass is 10.2. The molecule has 0 unspecified atom stereocenters. The van der Waals surface area contributed by atoms with Crippen LogP contribution >= 0.6 is 15.9 Å². The minimum Gasteiger partial charge on any atom is -0.494 e. The van der Waals surface area contributed by atoms with Gasteiger partial charge >= 0.3 is 0 Å². The van der Waals surface area contributed by atoms with Gasteiger partial charge in [0.1, 0.15) is 5.75 Å². The Morgan fingerprint density at radius 3 is 2.45 bits per heavy atom. The molecule has 0 amide bonds. The monoisotopic (exact) mass is 333 g/mol. The van der Waals surface area contributed by atoms with Crippen LogP contribution in [0.15, 0.2) is 53.0 Å². The van der Waals surface area contributed by atoms with E-state index >= 15 is 0 Å². The SMILES string of the molecule is CCCOc1ccc(CNCc2ccccc2Br)cc1. The van der Waals surface area contributed by atoms with Gasteiger partial charge in [-0.2, -0.15) is 0 Å². The Labute approximate surface area is 129 Å². The predicted octanol–water partition coefficient (Wildman–Crippen LogP) is 4.53. The molecule has 3 heteroatoms. The van der Waals surface area contributed by atoms with E-state index in [0.29, 0.717) is 0 Å². The molecule has 20 heavy (non-hydrogen) atoms. The van der Waals surface area contributed by atoms with Crippen molar-refractivity contribution in [1.29, 1.82) is 0 Å². The summed E-state index contributed by atoms with van der Waals surface area (Å²) >= 11 is 3.56. The minimum atomic E-state index is 0.777. The average molecular weight is 334 g/mol. The van der Waals surface area contributed by atoms with Gasteiger partial charge in [0.05, 0.1) is 6.61 Å². The van der Waals surface area contributed by atoms with Crippen LogP contribution in [0.25, 0.3) is 0 Å². The molecular weight excluding hydrogens is 314 g/mol. The summed E-state index contributed by atoms with van der Waals surface area (Å²) in [7, 11) is 0. The second-order valence-electron chi connectivity index (χ2n) is 4.69. The van der Waals surface area contributed by atoms with E-state index in [0.717, 1.165) is 36.3 Å². The maximum Gasteiger partial charge on any atom is 0.119 e. The molecule has 2 aromatic carbocycles. The summed E-state index contributed by atoms with van der Waals surface area (Å²) in [6.45, 7) is 4.60. The Hall–Kier alpha value is -1.32. The van der Waals surface area contributed by atoms with E-state index in [1.54, 1.807) is 0 Å². The number of rotatable bonds is 7. The molecule has 0 bridgehead atoms. The van der Waals surface area contributed by atoms with Crippen LogP contribution < -0.4 is 10.1 Å². The molecule has 0 atom stereocenters. The molecule has 0 aliphatic carbocycles. The molecule has 0 heterocycles. The van der Waals surface area contributed by atoms with Gasteiger partial charge in [-0.25, -0.2) is 0 Å². The number of nitrogens with one attached hydrogen (secondary N) is 1. The summed E-state index contributed by atoms with van der Waals surface area (Å²) in [5.41, 5.74) is 2.54. The molecule has 0 aromatic heterocycles. The van der Waals surface area contributed by atoms with Gasteiger partial charge < -0.3 is 10.1 Å². The van der Waals surface area contributed by atoms with Crippen molar-refractivity contribution in [3.05, 3.63) is 64.1 Å². The number of ether oxygens (including phenoxy) is 1. The molecule has 2 aromatic rings. The summed E-state index contributed by atoms with van der Waals surface area (Å²) in [4.78, 5) is 0. The fraction of sp³-hybridized carbons (Fsp3) is 0.294. The second kappa shape index (κ2) is 8.08. The van der Waals surface area contributed by atoms with Gasteiger partial charge in [0.25, 0.3) is 0 Å². The molecular formula is C17H20BrNO. The fourth-order valence-electron chi connectivity index (χ4n) is 1.91. The van der Waals surface area contributed by atoms with Gasteiger partial charge in [-0.3, -0.25) is 0 Å². The van der Waals surface area contributed by atoms with Gasteiger partial charge in [-0.05, 0) is 35.7 Å². The quantitative estimate of drug-likeness (QED) is 0.803. The van der Waals surface area contributed by atoms with Gasteiger partial charge in [-0.15, -0.1) is 0 Å². The van der Waals surface area contributed by atoms with E-state index in [1.807, 2.05) is 18.2 Å². The zero-order valence-corrected chi connectivity index (χ0v) is 13.3. The average Bonchev–Trinajstić information content (AvgIpc) is 2.48. The summed E-state index contributed by atoms with van der Waals surface area (Å²) in [6.07, 6.45) is 1.04. The van der Waals surface area contributed by atoms with Crippen molar-refractivity contribution in [3.63, 3.8) is 0 Å². The first kappa shape index (κ1) is 15.1. The van der Waals surface area contributed by atoms with E-state index < -0.39 is 0 Å². The highest BCUT2D eigenvalue weighted by atomic mass is 79.9. The molecule has 0 aliphatic rings. The van der Waals surface area contributed by atoms with Crippen LogP contribution in [0.1, 0.15) is 24.5 Å². The van der Waals surface area contributed by atoms with Crippen molar-refractivity contribution in [3.8, 4) is 5.75 Å². The third-order valence-electron chi connectivity index (χ3n) is 3.00. The van der Waals surface area contributed by atoms with Crippen LogP contribution in [-0.2, 0) is 13.1 Å². The van der Waals surface area contributed by atoms with Crippen LogP contribution in [0.2, 0.25) is 0 Å². The number of halogens is 1. The molecule has 0 fully saturated rings. The van der Waals surface area contributed by atoms with Crippen molar-refractivity contribution in [1.82, 2.24) is 5.32 Å². The van der Waals surface area contributed by atoms with Crippen molar-refractivity contribution in [2.75, 3.05) is 6.61 Å². The smallest absolute Gasteiger partial charge is 0.119 e. The normalized spacial score (nSPS) is 10.5. The van der Waals surface area contributed by atoms with E-state index in [-0.39, 0.29) is 0 Å². The first-order valence-electron chi connectivity index (χ1n) is 6.95. The fourth-order valence-corrected chi connectivity index (χ4v) is 2.33. The van der Waals surface area contributed by atoms with Gasteiger partial charge in [0.2, 0.25) is 0 Å².